The second kappa shape index (κ2) is 6.91. The summed E-state index contributed by atoms with van der Waals surface area (Å²) in [6, 6.07) is 5.05. The van der Waals surface area contributed by atoms with E-state index in [1.165, 1.54) is 12.8 Å². The molecule has 0 saturated heterocycles. The molecule has 0 unspecified atom stereocenters. The van der Waals surface area contributed by atoms with Gasteiger partial charge in [-0.1, -0.05) is 25.8 Å². The first kappa shape index (κ1) is 13.5. The molecule has 4 N–H and O–H groups in total. The number of unbranched alkanes of at least 4 members (excludes halogenated alkanes) is 2. The van der Waals surface area contributed by atoms with E-state index >= 15 is 0 Å². The van der Waals surface area contributed by atoms with Crippen LogP contribution in [0.3, 0.4) is 0 Å². The van der Waals surface area contributed by atoms with Crippen LogP contribution in [0.2, 0.25) is 0 Å². The van der Waals surface area contributed by atoms with E-state index in [1.54, 1.807) is 18.2 Å². The molecule has 0 heterocycles. The lowest BCUT2D eigenvalue weighted by atomic mass is 10.1. The number of carbonyl (C=O) groups is 1. The Kier molecular flexibility index (Phi) is 5.49. The standard InChI is InChI=1S/C13H20N2O2/c1-2-3-4-7-17-9-11-6-5-10(13(15)16)8-12(11)14/h5-6,8H,2-4,7,9,14H2,1H3,(H2,15,16). The average Bonchev–Trinajstić information content (AvgIpc) is 2.30. The number of nitrogens with two attached hydrogens (primary N) is 2. The van der Waals surface area contributed by atoms with E-state index in [4.69, 9.17) is 16.2 Å². The van der Waals surface area contributed by atoms with Crippen molar-refractivity contribution in [2.75, 3.05) is 12.3 Å². The zero-order valence-corrected chi connectivity index (χ0v) is 10.2. The Hall–Kier alpha value is -1.55. The fourth-order valence-electron chi connectivity index (χ4n) is 1.52. The number of anilines is 1. The van der Waals surface area contributed by atoms with Crippen LogP contribution in [0.1, 0.15) is 42.1 Å². The Morgan fingerprint density at radius 2 is 2.12 bits per heavy atom. The van der Waals surface area contributed by atoms with Crippen LogP contribution in [-0.4, -0.2) is 12.5 Å². The number of hydrogen-bond acceptors (Lipinski definition) is 3. The maximum absolute atomic E-state index is 10.9. The van der Waals surface area contributed by atoms with Crippen LogP contribution in [0, 0.1) is 0 Å². The van der Waals surface area contributed by atoms with Gasteiger partial charge in [-0.25, -0.2) is 0 Å². The van der Waals surface area contributed by atoms with Crippen LogP contribution in [-0.2, 0) is 11.3 Å². The Morgan fingerprint density at radius 3 is 2.71 bits per heavy atom. The van der Waals surface area contributed by atoms with Crippen LogP contribution < -0.4 is 11.5 Å². The van der Waals surface area contributed by atoms with Crippen molar-refractivity contribution >= 4 is 11.6 Å². The number of ether oxygens (including phenoxy) is 1. The minimum absolute atomic E-state index is 0.428. The molecule has 17 heavy (non-hydrogen) atoms. The average molecular weight is 236 g/mol. The molecule has 0 bridgehead atoms. The number of hydrogen-bond donors (Lipinski definition) is 2. The first-order valence-electron chi connectivity index (χ1n) is 5.91. The topological polar surface area (TPSA) is 78.3 Å². The van der Waals surface area contributed by atoms with Gasteiger partial charge >= 0.3 is 0 Å². The van der Waals surface area contributed by atoms with E-state index < -0.39 is 5.91 Å². The zero-order chi connectivity index (χ0) is 12.7. The molecule has 0 radical (unpaired) electrons. The summed E-state index contributed by atoms with van der Waals surface area (Å²) in [5, 5.41) is 0. The van der Waals surface area contributed by atoms with Crippen molar-refractivity contribution in [3.05, 3.63) is 29.3 Å². The van der Waals surface area contributed by atoms with Crippen molar-refractivity contribution < 1.29 is 9.53 Å². The van der Waals surface area contributed by atoms with Gasteiger partial charge in [0.25, 0.3) is 0 Å². The highest BCUT2D eigenvalue weighted by molar-refractivity contribution is 5.93. The van der Waals surface area contributed by atoms with E-state index in [1.807, 2.05) is 0 Å². The Labute approximate surface area is 102 Å². The highest BCUT2D eigenvalue weighted by atomic mass is 16.5. The number of rotatable bonds is 7. The van der Waals surface area contributed by atoms with Crippen LogP contribution in [0.5, 0.6) is 0 Å². The van der Waals surface area contributed by atoms with Crippen LogP contribution >= 0.6 is 0 Å². The minimum atomic E-state index is -0.466. The fourth-order valence-corrected chi connectivity index (χ4v) is 1.52. The summed E-state index contributed by atoms with van der Waals surface area (Å²) < 4.78 is 5.51. The molecule has 0 fully saturated rings. The van der Waals surface area contributed by atoms with Crippen LogP contribution in [0.25, 0.3) is 0 Å². The van der Waals surface area contributed by atoms with Gasteiger partial charge in [-0.05, 0) is 18.6 Å². The fraction of sp³-hybridized carbons (Fsp3) is 0.462. The predicted octanol–water partition coefficient (Wildman–Crippen LogP) is 2.07. The van der Waals surface area contributed by atoms with Gasteiger partial charge in [-0.15, -0.1) is 0 Å². The molecule has 1 rings (SSSR count). The molecular formula is C13H20N2O2. The van der Waals surface area contributed by atoms with E-state index in [-0.39, 0.29) is 0 Å². The van der Waals surface area contributed by atoms with Gasteiger partial charge in [-0.2, -0.15) is 0 Å². The lowest BCUT2D eigenvalue weighted by Gasteiger charge is -2.08. The third-order valence-electron chi connectivity index (χ3n) is 2.58. The molecule has 0 saturated carbocycles. The smallest absolute Gasteiger partial charge is 0.248 e. The Bertz CT molecular complexity index is 378. The van der Waals surface area contributed by atoms with Gasteiger partial charge in [0, 0.05) is 23.4 Å². The van der Waals surface area contributed by atoms with Gasteiger partial charge in [0.1, 0.15) is 0 Å². The number of nitrogen functional groups attached to an aromatic ring is 1. The van der Waals surface area contributed by atoms with E-state index in [9.17, 15) is 4.79 Å². The largest absolute Gasteiger partial charge is 0.398 e. The Balaban J connectivity index is 2.46. The van der Waals surface area contributed by atoms with Crippen molar-refractivity contribution in [3.8, 4) is 0 Å². The predicted molar refractivity (Wildman–Crippen MR) is 68.6 cm³/mol. The van der Waals surface area contributed by atoms with Crippen molar-refractivity contribution in [1.29, 1.82) is 0 Å². The van der Waals surface area contributed by atoms with Gasteiger partial charge < -0.3 is 16.2 Å². The molecule has 4 heteroatoms. The molecule has 0 aromatic heterocycles. The van der Waals surface area contributed by atoms with Gasteiger partial charge in [-0.3, -0.25) is 4.79 Å². The first-order chi connectivity index (χ1) is 8.15. The molecule has 0 spiro atoms. The summed E-state index contributed by atoms with van der Waals surface area (Å²) in [5.41, 5.74) is 12.8. The van der Waals surface area contributed by atoms with Gasteiger partial charge in [0.05, 0.1) is 6.61 Å². The van der Waals surface area contributed by atoms with Crippen molar-refractivity contribution in [2.24, 2.45) is 5.73 Å². The lowest BCUT2D eigenvalue weighted by Crippen LogP contribution is -2.12. The summed E-state index contributed by atoms with van der Waals surface area (Å²) in [5.74, 6) is -0.466. The summed E-state index contributed by atoms with van der Waals surface area (Å²) in [4.78, 5) is 10.9. The summed E-state index contributed by atoms with van der Waals surface area (Å²) >= 11 is 0. The highest BCUT2D eigenvalue weighted by Crippen LogP contribution is 2.15. The monoisotopic (exact) mass is 236 g/mol. The third-order valence-corrected chi connectivity index (χ3v) is 2.58. The van der Waals surface area contributed by atoms with Crippen molar-refractivity contribution in [2.45, 2.75) is 32.8 Å². The summed E-state index contributed by atoms with van der Waals surface area (Å²) in [6.45, 7) is 3.37. The molecule has 0 aliphatic rings. The molecule has 1 aromatic rings. The second-order valence-electron chi connectivity index (χ2n) is 4.04. The third kappa shape index (κ3) is 4.44. The molecule has 0 aliphatic heterocycles. The van der Waals surface area contributed by atoms with Gasteiger partial charge in [0.2, 0.25) is 5.91 Å². The molecule has 4 nitrogen and oxygen atoms in total. The molecule has 94 valence electrons. The van der Waals surface area contributed by atoms with Crippen molar-refractivity contribution in [3.63, 3.8) is 0 Å². The van der Waals surface area contributed by atoms with Crippen LogP contribution in [0.4, 0.5) is 5.69 Å². The van der Waals surface area contributed by atoms with Crippen molar-refractivity contribution in [1.82, 2.24) is 0 Å². The lowest BCUT2D eigenvalue weighted by molar-refractivity contribution is 0.1000. The zero-order valence-electron chi connectivity index (χ0n) is 10.2. The maximum Gasteiger partial charge on any atom is 0.248 e. The number of carbonyl (C=O) groups excluding carboxylic acids is 1. The van der Waals surface area contributed by atoms with E-state index in [0.29, 0.717) is 17.9 Å². The SMILES string of the molecule is CCCCCOCc1ccc(C(N)=O)cc1N. The first-order valence-corrected chi connectivity index (χ1v) is 5.91. The second-order valence-corrected chi connectivity index (χ2v) is 4.04. The van der Waals surface area contributed by atoms with Gasteiger partial charge in [0.15, 0.2) is 0 Å². The molecule has 0 atom stereocenters. The van der Waals surface area contributed by atoms with E-state index in [0.717, 1.165) is 18.6 Å². The number of benzene rings is 1. The van der Waals surface area contributed by atoms with E-state index in [2.05, 4.69) is 6.92 Å². The number of primary amides is 1. The summed E-state index contributed by atoms with van der Waals surface area (Å²) in [7, 11) is 0. The normalized spacial score (nSPS) is 10.4. The molecule has 0 aliphatic carbocycles. The maximum atomic E-state index is 10.9. The quantitative estimate of drug-likeness (QED) is 0.562. The highest BCUT2D eigenvalue weighted by Gasteiger charge is 2.04. The van der Waals surface area contributed by atoms with Crippen LogP contribution in [0.15, 0.2) is 18.2 Å². The molecule has 1 amide bonds. The molecular weight excluding hydrogens is 216 g/mol. The number of amides is 1. The Morgan fingerprint density at radius 1 is 1.35 bits per heavy atom. The summed E-state index contributed by atoms with van der Waals surface area (Å²) in [6.07, 6.45) is 3.42. The molecule has 1 aromatic carbocycles. The minimum Gasteiger partial charge on any atom is -0.398 e.